The number of ether oxygens (including phenoxy) is 1. The second kappa shape index (κ2) is 6.35. The highest BCUT2D eigenvalue weighted by Gasteiger charge is 2.16. The predicted molar refractivity (Wildman–Crippen MR) is 60.3 cm³/mol. The van der Waals surface area contributed by atoms with Gasteiger partial charge in [-0.15, -0.1) is 0 Å². The maximum absolute atomic E-state index is 11.2. The number of hydrogen-bond acceptors (Lipinski definition) is 3. The number of hydrogen-bond donors (Lipinski definition) is 2. The average molecular weight is 231 g/mol. The molecule has 1 amide bonds. The number of carbonyl (C=O) groups excluding carboxylic acids is 1. The van der Waals surface area contributed by atoms with Crippen LogP contribution in [0.25, 0.3) is 0 Å². The largest absolute Gasteiger partial charge is 0.481 e. The monoisotopic (exact) mass is 231 g/mol. The molecular formula is C11H21NO4. The molecule has 0 radical (unpaired) electrons. The van der Waals surface area contributed by atoms with Gasteiger partial charge in [-0.3, -0.25) is 4.79 Å². The van der Waals surface area contributed by atoms with Crippen molar-refractivity contribution in [2.24, 2.45) is 5.92 Å². The van der Waals surface area contributed by atoms with Crippen LogP contribution in [0, 0.1) is 5.92 Å². The third-order valence-corrected chi connectivity index (χ3v) is 1.83. The third-order valence-electron chi connectivity index (χ3n) is 1.83. The fourth-order valence-corrected chi connectivity index (χ4v) is 1.13. The molecular weight excluding hydrogens is 210 g/mol. The molecule has 0 bridgehead atoms. The molecule has 1 unspecified atom stereocenters. The summed E-state index contributed by atoms with van der Waals surface area (Å²) in [5.41, 5.74) is -0.503. The SMILES string of the molecule is CC(CCNC(=O)OC(C)(C)C)CC(=O)O. The standard InChI is InChI=1S/C11H21NO4/c1-8(7-9(13)14)5-6-12-10(15)16-11(2,3)4/h8H,5-7H2,1-4H3,(H,12,15)(H,13,14). The molecule has 2 N–H and O–H groups in total. The number of amides is 1. The zero-order chi connectivity index (χ0) is 12.8. The van der Waals surface area contributed by atoms with Gasteiger partial charge in [0.1, 0.15) is 5.60 Å². The smallest absolute Gasteiger partial charge is 0.407 e. The Balaban J connectivity index is 3.66. The number of aliphatic carboxylic acids is 1. The number of carboxylic acids is 1. The molecule has 16 heavy (non-hydrogen) atoms. The van der Waals surface area contributed by atoms with E-state index in [0.717, 1.165) is 0 Å². The van der Waals surface area contributed by atoms with Gasteiger partial charge in [-0.1, -0.05) is 6.92 Å². The van der Waals surface area contributed by atoms with Gasteiger partial charge in [0, 0.05) is 13.0 Å². The zero-order valence-electron chi connectivity index (χ0n) is 10.4. The summed E-state index contributed by atoms with van der Waals surface area (Å²) in [7, 11) is 0. The van der Waals surface area contributed by atoms with E-state index in [-0.39, 0.29) is 12.3 Å². The molecule has 0 aromatic rings. The Morgan fingerprint density at radius 3 is 2.38 bits per heavy atom. The van der Waals surface area contributed by atoms with E-state index in [4.69, 9.17) is 9.84 Å². The number of carbonyl (C=O) groups is 2. The highest BCUT2D eigenvalue weighted by atomic mass is 16.6. The molecule has 0 aliphatic carbocycles. The first kappa shape index (κ1) is 14.7. The van der Waals surface area contributed by atoms with Crippen LogP contribution in [0.15, 0.2) is 0 Å². The first-order valence-electron chi connectivity index (χ1n) is 5.39. The molecule has 0 saturated heterocycles. The van der Waals surface area contributed by atoms with Gasteiger partial charge in [0.2, 0.25) is 0 Å². The molecule has 0 spiro atoms. The number of alkyl carbamates (subject to hydrolysis) is 1. The minimum atomic E-state index is -0.815. The maximum Gasteiger partial charge on any atom is 0.407 e. The van der Waals surface area contributed by atoms with Crippen molar-refractivity contribution >= 4 is 12.1 Å². The van der Waals surface area contributed by atoms with Crippen molar-refractivity contribution in [1.29, 1.82) is 0 Å². The van der Waals surface area contributed by atoms with Crippen LogP contribution in [0.1, 0.15) is 40.5 Å². The molecule has 5 heteroatoms. The number of rotatable bonds is 5. The van der Waals surface area contributed by atoms with E-state index in [1.165, 1.54) is 0 Å². The Morgan fingerprint density at radius 2 is 1.94 bits per heavy atom. The van der Waals surface area contributed by atoms with Crippen LogP contribution in [0.3, 0.4) is 0 Å². The molecule has 0 aromatic carbocycles. The molecule has 0 aliphatic rings. The Hall–Kier alpha value is -1.26. The summed E-state index contributed by atoms with van der Waals surface area (Å²) in [4.78, 5) is 21.6. The Labute approximate surface area is 96.2 Å². The summed E-state index contributed by atoms with van der Waals surface area (Å²) in [6.07, 6.45) is 0.289. The first-order chi connectivity index (χ1) is 7.20. The van der Waals surface area contributed by atoms with Gasteiger partial charge >= 0.3 is 12.1 Å². The zero-order valence-corrected chi connectivity index (χ0v) is 10.4. The van der Waals surface area contributed by atoms with E-state index in [1.807, 2.05) is 6.92 Å². The van der Waals surface area contributed by atoms with Crippen LogP contribution in [-0.2, 0) is 9.53 Å². The van der Waals surface area contributed by atoms with Gasteiger partial charge in [-0.2, -0.15) is 0 Å². The summed E-state index contributed by atoms with van der Waals surface area (Å²) in [6.45, 7) is 7.65. The Kier molecular flexibility index (Phi) is 5.85. The molecule has 94 valence electrons. The molecule has 1 atom stereocenters. The fraction of sp³-hybridized carbons (Fsp3) is 0.818. The average Bonchev–Trinajstić information content (AvgIpc) is 1.98. The molecule has 0 fully saturated rings. The quantitative estimate of drug-likeness (QED) is 0.759. The topological polar surface area (TPSA) is 75.6 Å². The second-order valence-electron chi connectivity index (χ2n) is 4.92. The molecule has 0 saturated carbocycles. The van der Waals surface area contributed by atoms with E-state index < -0.39 is 17.7 Å². The van der Waals surface area contributed by atoms with Crippen LogP contribution in [0.2, 0.25) is 0 Å². The number of nitrogens with one attached hydrogen (secondary N) is 1. The Bertz CT molecular complexity index is 245. The minimum absolute atomic E-state index is 0.0486. The van der Waals surface area contributed by atoms with E-state index in [0.29, 0.717) is 13.0 Å². The Morgan fingerprint density at radius 1 is 1.38 bits per heavy atom. The van der Waals surface area contributed by atoms with Crippen molar-refractivity contribution < 1.29 is 19.4 Å². The van der Waals surface area contributed by atoms with Crippen LogP contribution in [0.5, 0.6) is 0 Å². The van der Waals surface area contributed by atoms with Crippen LogP contribution in [0.4, 0.5) is 4.79 Å². The molecule has 0 heterocycles. The summed E-state index contributed by atoms with van der Waals surface area (Å²) in [5.74, 6) is -0.766. The van der Waals surface area contributed by atoms with E-state index in [1.54, 1.807) is 20.8 Å². The minimum Gasteiger partial charge on any atom is -0.481 e. The van der Waals surface area contributed by atoms with Crippen molar-refractivity contribution in [1.82, 2.24) is 5.32 Å². The highest BCUT2D eigenvalue weighted by molar-refractivity contribution is 5.68. The first-order valence-corrected chi connectivity index (χ1v) is 5.39. The van der Waals surface area contributed by atoms with Crippen LogP contribution in [-0.4, -0.2) is 29.3 Å². The van der Waals surface area contributed by atoms with Gasteiger partial charge < -0.3 is 15.2 Å². The lowest BCUT2D eigenvalue weighted by Crippen LogP contribution is -2.33. The van der Waals surface area contributed by atoms with Crippen molar-refractivity contribution in [3.05, 3.63) is 0 Å². The predicted octanol–water partition coefficient (Wildman–Crippen LogP) is 2.01. The number of carboxylic acid groups (broad SMARTS) is 1. The van der Waals surface area contributed by atoms with Gasteiger partial charge in [-0.25, -0.2) is 4.79 Å². The maximum atomic E-state index is 11.2. The van der Waals surface area contributed by atoms with E-state index >= 15 is 0 Å². The van der Waals surface area contributed by atoms with E-state index in [9.17, 15) is 9.59 Å². The van der Waals surface area contributed by atoms with Crippen molar-refractivity contribution in [2.75, 3.05) is 6.54 Å². The molecule has 5 nitrogen and oxygen atoms in total. The fourth-order valence-electron chi connectivity index (χ4n) is 1.13. The van der Waals surface area contributed by atoms with Gasteiger partial charge in [0.15, 0.2) is 0 Å². The lowest BCUT2D eigenvalue weighted by atomic mass is 10.0. The normalized spacial score (nSPS) is 13.0. The van der Waals surface area contributed by atoms with E-state index in [2.05, 4.69) is 5.32 Å². The summed E-state index contributed by atoms with van der Waals surface area (Å²) < 4.78 is 5.03. The van der Waals surface area contributed by atoms with Crippen molar-refractivity contribution in [3.63, 3.8) is 0 Å². The molecule has 0 aromatic heterocycles. The molecule has 0 aliphatic heterocycles. The van der Waals surface area contributed by atoms with Gasteiger partial charge in [0.25, 0.3) is 0 Å². The third kappa shape index (κ3) is 9.30. The van der Waals surface area contributed by atoms with Gasteiger partial charge in [0.05, 0.1) is 0 Å². The molecule has 0 rings (SSSR count). The summed E-state index contributed by atoms with van der Waals surface area (Å²) >= 11 is 0. The van der Waals surface area contributed by atoms with Crippen LogP contribution < -0.4 is 5.32 Å². The van der Waals surface area contributed by atoms with Crippen molar-refractivity contribution in [2.45, 2.75) is 46.1 Å². The van der Waals surface area contributed by atoms with Gasteiger partial charge in [-0.05, 0) is 33.1 Å². The van der Waals surface area contributed by atoms with Crippen molar-refractivity contribution in [3.8, 4) is 0 Å². The second-order valence-corrected chi connectivity index (χ2v) is 4.92. The highest BCUT2D eigenvalue weighted by Crippen LogP contribution is 2.08. The summed E-state index contributed by atoms with van der Waals surface area (Å²) in [6, 6.07) is 0. The lowest BCUT2D eigenvalue weighted by Gasteiger charge is -2.20. The summed E-state index contributed by atoms with van der Waals surface area (Å²) in [5, 5.41) is 11.1. The van der Waals surface area contributed by atoms with Crippen LogP contribution >= 0.6 is 0 Å². The lowest BCUT2D eigenvalue weighted by molar-refractivity contribution is -0.138.